The minimum absolute atomic E-state index is 0. The smallest absolute Gasteiger partial charge is 0.872 e. The van der Waals surface area contributed by atoms with Crippen molar-refractivity contribution in [1.82, 2.24) is 0 Å². The summed E-state index contributed by atoms with van der Waals surface area (Å²) in [4.78, 5) is 0. The van der Waals surface area contributed by atoms with Crippen LogP contribution in [0, 0.1) is 18.3 Å². The molecular weight excluding hydrogens is 484 g/mol. The van der Waals surface area contributed by atoms with E-state index in [1.165, 1.54) is 14.2 Å². The van der Waals surface area contributed by atoms with E-state index in [4.69, 9.17) is 24.1 Å². The van der Waals surface area contributed by atoms with Gasteiger partial charge in [-0.15, -0.1) is 12.5 Å². The molecular formula is C18H35Na4O11-. The summed E-state index contributed by atoms with van der Waals surface area (Å²) in [6.07, 6.45) is -2.42. The van der Waals surface area contributed by atoms with Crippen LogP contribution < -0.4 is 128 Å². The monoisotopic (exact) mass is 519 g/mol. The van der Waals surface area contributed by atoms with Gasteiger partial charge in [-0.05, 0) is 6.42 Å². The second-order valence-electron chi connectivity index (χ2n) is 6.69. The third-order valence-electron chi connectivity index (χ3n) is 5.10. The fraction of sp³-hybridized carbons (Fsp3) is 0.944. The summed E-state index contributed by atoms with van der Waals surface area (Å²) >= 11 is 0. The Hall–Kier alpha value is 3.56. The van der Waals surface area contributed by atoms with E-state index in [-0.39, 0.29) is 154 Å². The molecule has 33 heavy (non-hydrogen) atoms. The predicted molar refractivity (Wildman–Crippen MR) is 94.8 cm³/mol. The maximum absolute atomic E-state index is 11.3. The predicted octanol–water partition coefficient (Wildman–Crippen LogP) is -14.6. The van der Waals surface area contributed by atoms with Gasteiger partial charge >= 0.3 is 118 Å². The van der Waals surface area contributed by atoms with Crippen molar-refractivity contribution in [2.24, 2.45) is 11.8 Å². The molecule has 0 aliphatic carbocycles. The van der Waals surface area contributed by atoms with Crippen molar-refractivity contribution in [3.05, 3.63) is 6.42 Å². The summed E-state index contributed by atoms with van der Waals surface area (Å²) in [5.41, 5.74) is 0. The minimum atomic E-state index is -1.05. The van der Waals surface area contributed by atoms with Gasteiger partial charge in [0.2, 0.25) is 0 Å². The zero-order valence-corrected chi connectivity index (χ0v) is 29.3. The number of aliphatic hydroxyl groups excluding tert-OH is 3. The topological polar surface area (TPSA) is 204 Å². The summed E-state index contributed by atoms with van der Waals surface area (Å²) in [6.45, 7) is 3.32. The van der Waals surface area contributed by atoms with Crippen LogP contribution in [-0.2, 0) is 18.9 Å². The van der Waals surface area contributed by atoms with Gasteiger partial charge in [-0.2, -0.15) is 0 Å². The number of hydrogen-bond acceptors (Lipinski definition) is 11. The molecule has 178 valence electrons. The molecule has 2 rings (SSSR count). The van der Waals surface area contributed by atoms with Crippen LogP contribution in [0.5, 0.6) is 0 Å². The van der Waals surface area contributed by atoms with Crippen LogP contribution in [0.15, 0.2) is 0 Å². The Balaban J connectivity index is -0.0000000936. The van der Waals surface area contributed by atoms with Gasteiger partial charge in [0.1, 0.15) is 12.4 Å². The Bertz CT molecular complexity index is 416. The van der Waals surface area contributed by atoms with Crippen molar-refractivity contribution >= 4 is 0 Å². The average Bonchev–Trinajstić information content (AvgIpc) is 2.69. The minimum Gasteiger partial charge on any atom is -0.872 e. The maximum Gasteiger partial charge on any atom is 1.00 e. The molecule has 2 saturated heterocycles. The van der Waals surface area contributed by atoms with Gasteiger partial charge in [-0.1, -0.05) is 20.3 Å². The van der Waals surface area contributed by atoms with E-state index < -0.39 is 43.1 Å². The van der Waals surface area contributed by atoms with Crippen molar-refractivity contribution < 1.29 is 174 Å². The third kappa shape index (κ3) is 15.1. The molecule has 0 aromatic heterocycles. The van der Waals surface area contributed by atoms with Gasteiger partial charge in [-0.3, -0.25) is 0 Å². The van der Waals surface area contributed by atoms with Crippen LogP contribution in [0.25, 0.3) is 0 Å². The molecule has 2 aliphatic rings. The summed E-state index contributed by atoms with van der Waals surface area (Å²) in [5, 5.41) is 50.4. The molecule has 0 aromatic carbocycles. The Morgan fingerprint density at radius 3 is 1.70 bits per heavy atom. The zero-order valence-electron chi connectivity index (χ0n) is 21.3. The molecule has 0 radical (unpaired) electrons. The van der Waals surface area contributed by atoms with Gasteiger partial charge in [0.25, 0.3) is 0 Å². The standard InChI is InChI=1S/C9H18O5.C9H15O4.4Na.2H2O/c1-3-5-6(4-10)14-9(13-2)8(12)7(5)11;1-3-6-4-7(11)9(12-2)13-8(6)5-10;;;;;;/h5-12H,3-4H2,1-2H3;4,6-9H,3,5H2,1-2H3;;;;;2*1H2/q;-3;4*+1;;/p-2/t5-,6?,7+,8?,9-;6-,7?,8?,9+;;;;;;/m10....../s1. The quantitative estimate of drug-likeness (QED) is 0.222. The molecule has 15 heteroatoms. The third-order valence-corrected chi connectivity index (χ3v) is 5.10. The first kappa shape index (κ1) is 49.5. The molecule has 0 amide bonds. The second kappa shape index (κ2) is 27.1. The van der Waals surface area contributed by atoms with E-state index in [1.54, 1.807) is 6.42 Å². The van der Waals surface area contributed by atoms with Crippen LogP contribution >= 0.6 is 0 Å². The molecule has 9 atom stereocenters. The first-order valence-electron chi connectivity index (χ1n) is 9.30. The maximum atomic E-state index is 11.3. The molecule has 0 spiro atoms. The van der Waals surface area contributed by atoms with E-state index in [0.29, 0.717) is 6.42 Å². The van der Waals surface area contributed by atoms with Crippen LogP contribution in [0.4, 0.5) is 0 Å². The van der Waals surface area contributed by atoms with Crippen molar-refractivity contribution in [1.29, 1.82) is 0 Å². The van der Waals surface area contributed by atoms with Gasteiger partial charge in [0.05, 0.1) is 18.8 Å². The van der Waals surface area contributed by atoms with Crippen LogP contribution in [-0.4, -0.2) is 96.8 Å². The Morgan fingerprint density at radius 1 is 0.848 bits per heavy atom. The molecule has 4 unspecified atom stereocenters. The van der Waals surface area contributed by atoms with Crippen molar-refractivity contribution in [3.63, 3.8) is 0 Å². The molecule has 0 bridgehead atoms. The fourth-order valence-electron chi connectivity index (χ4n) is 3.43. The van der Waals surface area contributed by atoms with E-state index in [2.05, 4.69) is 0 Å². The number of hydrogen-bond donors (Lipinski definition) is 3. The number of aliphatic hydroxyl groups is 3. The normalized spacial score (nSPS) is 34.6. The van der Waals surface area contributed by atoms with Crippen molar-refractivity contribution in [2.75, 3.05) is 27.4 Å². The van der Waals surface area contributed by atoms with E-state index in [9.17, 15) is 20.4 Å². The van der Waals surface area contributed by atoms with Crippen molar-refractivity contribution in [2.45, 2.75) is 69.8 Å². The molecule has 0 saturated carbocycles. The zero-order chi connectivity index (χ0) is 20.6. The Morgan fingerprint density at radius 2 is 1.33 bits per heavy atom. The van der Waals surface area contributed by atoms with E-state index >= 15 is 0 Å². The van der Waals surface area contributed by atoms with Gasteiger partial charge in [-0.25, -0.2) is 6.10 Å². The number of rotatable bonds is 6. The molecule has 2 heterocycles. The van der Waals surface area contributed by atoms with Gasteiger partial charge in [0.15, 0.2) is 6.29 Å². The Labute approximate surface area is 285 Å². The second-order valence-corrected chi connectivity index (χ2v) is 6.69. The average molecular weight is 519 g/mol. The molecule has 5 N–H and O–H groups in total. The Kier molecular flexibility index (Phi) is 40.7. The molecule has 2 aliphatic heterocycles. The summed E-state index contributed by atoms with van der Waals surface area (Å²) in [5.74, 6) is -0.271. The van der Waals surface area contributed by atoms with Crippen LogP contribution in [0.3, 0.4) is 0 Å². The van der Waals surface area contributed by atoms with Crippen LogP contribution in [0.1, 0.15) is 26.7 Å². The van der Waals surface area contributed by atoms with Gasteiger partial charge in [0, 0.05) is 26.2 Å². The van der Waals surface area contributed by atoms with Gasteiger partial charge < -0.3 is 61.9 Å². The summed E-state index contributed by atoms with van der Waals surface area (Å²) in [6, 6.07) is 0. The summed E-state index contributed by atoms with van der Waals surface area (Å²) in [7, 11) is 2.80. The number of ether oxygens (including phenoxy) is 4. The molecule has 0 aromatic rings. The van der Waals surface area contributed by atoms with Crippen LogP contribution in [0.2, 0.25) is 0 Å². The van der Waals surface area contributed by atoms with E-state index in [1.807, 2.05) is 13.8 Å². The number of methoxy groups -OCH3 is 2. The van der Waals surface area contributed by atoms with E-state index in [0.717, 1.165) is 6.42 Å². The SMILES string of the molecule is CC[C@@H]1C(CO)O[C@@H](OC)C(O)[C@H]1O.CC[C@H]1[CH-]C([O-])[C@H](OC)OC1C[O-].[Na+].[Na+].[Na+].[Na+].[OH-].[OH-]. The van der Waals surface area contributed by atoms with Crippen molar-refractivity contribution in [3.8, 4) is 0 Å². The largest absolute Gasteiger partial charge is 1.00 e. The molecule has 2 fully saturated rings. The fourth-order valence-corrected chi connectivity index (χ4v) is 3.43. The summed E-state index contributed by atoms with van der Waals surface area (Å²) < 4.78 is 20.2. The first-order chi connectivity index (χ1) is 12.9. The molecule has 11 nitrogen and oxygen atoms in total. The first-order valence-corrected chi connectivity index (χ1v) is 9.30.